The van der Waals surface area contributed by atoms with Gasteiger partial charge in [-0.05, 0) is 37.7 Å². The van der Waals surface area contributed by atoms with Crippen molar-refractivity contribution in [3.05, 3.63) is 30.1 Å². The minimum absolute atomic E-state index is 0.0410. The van der Waals surface area contributed by atoms with E-state index < -0.39 is 8.32 Å². The van der Waals surface area contributed by atoms with Crippen LogP contribution in [0, 0.1) is 11.3 Å². The second-order valence-corrected chi connectivity index (χ2v) is 12.7. The van der Waals surface area contributed by atoms with E-state index in [2.05, 4.69) is 59.2 Å². The van der Waals surface area contributed by atoms with Crippen molar-refractivity contribution in [2.24, 2.45) is 16.3 Å². The van der Waals surface area contributed by atoms with E-state index in [1.54, 1.807) is 0 Å². The van der Waals surface area contributed by atoms with Gasteiger partial charge >= 0.3 is 0 Å². The van der Waals surface area contributed by atoms with Crippen LogP contribution in [0.15, 0.2) is 29.4 Å². The Morgan fingerprint density at radius 1 is 1.23 bits per heavy atom. The molecule has 22 heavy (non-hydrogen) atoms. The molecule has 0 bridgehead atoms. The van der Waals surface area contributed by atoms with Gasteiger partial charge in [0.25, 0.3) is 0 Å². The molecule has 1 rings (SSSR count). The molecule has 0 amide bonds. The van der Waals surface area contributed by atoms with E-state index in [0.717, 1.165) is 11.4 Å². The Bertz CT molecular complexity index is 484. The van der Waals surface area contributed by atoms with Crippen molar-refractivity contribution >= 4 is 14.0 Å². The molecular weight excluding hydrogens is 288 g/mol. The fraction of sp³-hybridized carbons (Fsp3) is 0.667. The van der Waals surface area contributed by atoms with Gasteiger partial charge in [-0.15, -0.1) is 0 Å². The number of hydrogen-bond donors (Lipinski definition) is 0. The largest absolute Gasteiger partial charge is 0.415 e. The Hall–Kier alpha value is -1.00. The van der Waals surface area contributed by atoms with Crippen molar-refractivity contribution < 1.29 is 4.43 Å². The molecule has 4 heteroatoms. The monoisotopic (exact) mass is 320 g/mol. The van der Waals surface area contributed by atoms with Crippen LogP contribution in [0.2, 0.25) is 19.6 Å². The van der Waals surface area contributed by atoms with Crippen molar-refractivity contribution in [1.29, 1.82) is 0 Å². The van der Waals surface area contributed by atoms with E-state index in [0.29, 0.717) is 12.5 Å². The standard InChI is InChI=1S/C18H32N2OSi/c1-14(2)16(13-21-22(6,7)8)20-17(18(3,4)5)15-11-9-10-12-19-15/h9-12,14,16H,13H2,1-8H3/t16-/m1/s1. The van der Waals surface area contributed by atoms with Crippen LogP contribution in [0.25, 0.3) is 0 Å². The maximum absolute atomic E-state index is 6.11. The molecule has 0 aromatic carbocycles. The lowest BCUT2D eigenvalue weighted by molar-refractivity contribution is 0.254. The van der Waals surface area contributed by atoms with Crippen LogP contribution in [0.5, 0.6) is 0 Å². The summed E-state index contributed by atoms with van der Waals surface area (Å²) in [5.41, 5.74) is 1.99. The van der Waals surface area contributed by atoms with Crippen LogP contribution < -0.4 is 0 Å². The zero-order valence-corrected chi connectivity index (χ0v) is 16.5. The zero-order valence-electron chi connectivity index (χ0n) is 15.5. The van der Waals surface area contributed by atoms with Crippen molar-refractivity contribution in [3.8, 4) is 0 Å². The molecule has 3 nitrogen and oxygen atoms in total. The molecule has 0 aliphatic carbocycles. The molecule has 0 saturated carbocycles. The molecule has 0 spiro atoms. The molecule has 1 aromatic rings. The molecule has 1 aromatic heterocycles. The Morgan fingerprint density at radius 3 is 2.27 bits per heavy atom. The van der Waals surface area contributed by atoms with Crippen LogP contribution in [0.3, 0.4) is 0 Å². The number of aromatic nitrogens is 1. The smallest absolute Gasteiger partial charge is 0.183 e. The minimum Gasteiger partial charge on any atom is -0.415 e. The van der Waals surface area contributed by atoms with Crippen LogP contribution in [-0.2, 0) is 4.43 Å². The highest BCUT2D eigenvalue weighted by Crippen LogP contribution is 2.23. The SMILES string of the molecule is CC(C)[C@@H](CO[Si](C)(C)C)N=C(c1ccccn1)C(C)(C)C. The van der Waals surface area contributed by atoms with E-state index in [9.17, 15) is 0 Å². The van der Waals surface area contributed by atoms with Gasteiger partial charge in [0, 0.05) is 11.6 Å². The predicted molar refractivity (Wildman–Crippen MR) is 98.2 cm³/mol. The van der Waals surface area contributed by atoms with Crippen molar-refractivity contribution in [3.63, 3.8) is 0 Å². The van der Waals surface area contributed by atoms with E-state index >= 15 is 0 Å². The summed E-state index contributed by atoms with van der Waals surface area (Å²) in [5, 5.41) is 0. The quantitative estimate of drug-likeness (QED) is 0.558. The molecular formula is C18H32N2OSi. The number of pyridine rings is 1. The first kappa shape index (κ1) is 19.0. The second kappa shape index (κ2) is 7.51. The molecule has 0 fully saturated rings. The molecule has 0 saturated heterocycles. The summed E-state index contributed by atoms with van der Waals surface area (Å²) in [4.78, 5) is 9.58. The number of nitrogens with zero attached hydrogens (tertiary/aromatic N) is 2. The average Bonchev–Trinajstić information content (AvgIpc) is 2.36. The zero-order chi connectivity index (χ0) is 17.0. The lowest BCUT2D eigenvalue weighted by Crippen LogP contribution is -2.34. The molecule has 124 valence electrons. The highest BCUT2D eigenvalue weighted by Gasteiger charge is 2.25. The van der Waals surface area contributed by atoms with Gasteiger partial charge in [-0.2, -0.15) is 0 Å². The van der Waals surface area contributed by atoms with Crippen molar-refractivity contribution in [1.82, 2.24) is 4.98 Å². The third-order valence-electron chi connectivity index (χ3n) is 3.37. The Balaban J connectivity index is 3.12. The summed E-state index contributed by atoms with van der Waals surface area (Å²) in [5.74, 6) is 0.442. The molecule has 0 N–H and O–H groups in total. The van der Waals surface area contributed by atoms with Crippen LogP contribution >= 0.6 is 0 Å². The molecule has 1 atom stereocenters. The lowest BCUT2D eigenvalue weighted by Gasteiger charge is -2.27. The molecule has 0 unspecified atom stereocenters. The maximum Gasteiger partial charge on any atom is 0.183 e. The summed E-state index contributed by atoms with van der Waals surface area (Å²) in [6.07, 6.45) is 1.83. The van der Waals surface area contributed by atoms with Gasteiger partial charge in [-0.3, -0.25) is 9.98 Å². The van der Waals surface area contributed by atoms with Crippen molar-refractivity contribution in [2.75, 3.05) is 6.61 Å². The third-order valence-corrected chi connectivity index (χ3v) is 4.40. The number of aliphatic imine (C=N–C) groups is 1. The molecule has 0 aliphatic heterocycles. The van der Waals surface area contributed by atoms with Gasteiger partial charge in [0.05, 0.1) is 24.1 Å². The average molecular weight is 321 g/mol. The number of rotatable bonds is 6. The van der Waals surface area contributed by atoms with Crippen LogP contribution in [0.4, 0.5) is 0 Å². The summed E-state index contributed by atoms with van der Waals surface area (Å²) in [7, 11) is -1.53. The maximum atomic E-state index is 6.11. The highest BCUT2D eigenvalue weighted by molar-refractivity contribution is 6.69. The van der Waals surface area contributed by atoms with Gasteiger partial charge in [-0.25, -0.2) is 0 Å². The fourth-order valence-corrected chi connectivity index (χ4v) is 2.70. The molecule has 1 heterocycles. The topological polar surface area (TPSA) is 34.5 Å². The van der Waals surface area contributed by atoms with Crippen LogP contribution in [0.1, 0.15) is 40.3 Å². The van der Waals surface area contributed by atoms with Gasteiger partial charge < -0.3 is 4.43 Å². The van der Waals surface area contributed by atoms with E-state index in [-0.39, 0.29) is 11.5 Å². The number of hydrogen-bond acceptors (Lipinski definition) is 3. The summed E-state index contributed by atoms with van der Waals surface area (Å²) >= 11 is 0. The predicted octanol–water partition coefficient (Wildman–Crippen LogP) is 4.79. The molecule has 0 radical (unpaired) electrons. The highest BCUT2D eigenvalue weighted by atomic mass is 28.4. The Morgan fingerprint density at radius 2 is 1.86 bits per heavy atom. The first-order valence-corrected chi connectivity index (χ1v) is 11.5. The summed E-state index contributed by atoms with van der Waals surface area (Å²) in [6, 6.07) is 6.17. The summed E-state index contributed by atoms with van der Waals surface area (Å²) < 4.78 is 6.11. The lowest BCUT2D eigenvalue weighted by atomic mass is 9.87. The summed E-state index contributed by atoms with van der Waals surface area (Å²) in [6.45, 7) is 18.3. The van der Waals surface area contributed by atoms with E-state index in [4.69, 9.17) is 9.42 Å². The first-order valence-electron chi connectivity index (χ1n) is 8.14. The van der Waals surface area contributed by atoms with E-state index in [1.807, 2.05) is 24.4 Å². The first-order chi connectivity index (χ1) is 10.0. The Kier molecular flexibility index (Phi) is 6.50. The van der Waals surface area contributed by atoms with Crippen LogP contribution in [-0.4, -0.2) is 31.7 Å². The minimum atomic E-state index is -1.53. The van der Waals surface area contributed by atoms with Gasteiger partial charge in [0.1, 0.15) is 0 Å². The third kappa shape index (κ3) is 6.40. The normalized spacial score (nSPS) is 15.2. The van der Waals surface area contributed by atoms with Crippen molar-refractivity contribution in [2.45, 2.75) is 60.3 Å². The van der Waals surface area contributed by atoms with Gasteiger partial charge in [-0.1, -0.05) is 40.7 Å². The Labute approximate surface area is 137 Å². The van der Waals surface area contributed by atoms with Gasteiger partial charge in [0.15, 0.2) is 8.32 Å². The second-order valence-electron chi connectivity index (χ2n) is 8.18. The fourth-order valence-electron chi connectivity index (χ4n) is 2.03. The van der Waals surface area contributed by atoms with Gasteiger partial charge in [0.2, 0.25) is 0 Å². The van der Waals surface area contributed by atoms with E-state index in [1.165, 1.54) is 0 Å². The molecule has 0 aliphatic rings.